The molecule has 2 N–H and O–H groups in total. The molecule has 1 fully saturated rings. The first kappa shape index (κ1) is 19.3. The third-order valence-electron chi connectivity index (χ3n) is 6.65. The number of rotatable bonds is 3. The second kappa shape index (κ2) is 7.25. The van der Waals surface area contributed by atoms with Crippen LogP contribution >= 0.6 is 11.3 Å². The number of hydrogen-bond donors (Lipinski definition) is 2. The SMILES string of the molecule is Cc1cc(O)c(-c2ccc([C@@H]3CCC[C@@H]3N(C)C)cc2)c2c1[nH]c(=O)c1sccc12. The average molecular weight is 419 g/mol. The van der Waals surface area contributed by atoms with Crippen LogP contribution in [0, 0.1) is 6.92 Å². The van der Waals surface area contributed by atoms with Gasteiger partial charge in [-0.1, -0.05) is 30.7 Å². The van der Waals surface area contributed by atoms with E-state index in [1.807, 2.05) is 18.4 Å². The van der Waals surface area contributed by atoms with Crippen LogP contribution in [0.3, 0.4) is 0 Å². The molecule has 0 spiro atoms. The zero-order chi connectivity index (χ0) is 21.0. The molecule has 0 bridgehead atoms. The van der Waals surface area contributed by atoms with Crippen molar-refractivity contribution in [3.8, 4) is 16.9 Å². The normalized spacial score (nSPS) is 19.3. The van der Waals surface area contributed by atoms with Crippen molar-refractivity contribution in [3.05, 3.63) is 63.3 Å². The molecule has 1 aliphatic rings. The van der Waals surface area contributed by atoms with Crippen molar-refractivity contribution in [2.75, 3.05) is 14.1 Å². The predicted molar refractivity (Wildman–Crippen MR) is 126 cm³/mol. The number of H-pyrrole nitrogens is 1. The molecule has 0 radical (unpaired) electrons. The highest BCUT2D eigenvalue weighted by molar-refractivity contribution is 7.17. The van der Waals surface area contributed by atoms with E-state index in [-0.39, 0.29) is 11.3 Å². The minimum Gasteiger partial charge on any atom is -0.507 e. The highest BCUT2D eigenvalue weighted by Crippen LogP contribution is 2.42. The van der Waals surface area contributed by atoms with E-state index in [0.717, 1.165) is 33.0 Å². The van der Waals surface area contributed by atoms with E-state index < -0.39 is 0 Å². The maximum atomic E-state index is 12.5. The summed E-state index contributed by atoms with van der Waals surface area (Å²) in [5.74, 6) is 0.802. The molecule has 154 valence electrons. The van der Waals surface area contributed by atoms with Crippen molar-refractivity contribution in [3.63, 3.8) is 0 Å². The summed E-state index contributed by atoms with van der Waals surface area (Å²) < 4.78 is 0.699. The van der Waals surface area contributed by atoms with Crippen LogP contribution in [0.5, 0.6) is 5.75 Å². The Kier molecular flexibility index (Phi) is 4.68. The van der Waals surface area contributed by atoms with Gasteiger partial charge in [-0.05, 0) is 74.0 Å². The standard InChI is InChI=1S/C25H26N2O2S/c1-14-13-20(28)21(22-18-11-12-30-24(18)25(29)26-23(14)22)16-9-7-15(8-10-16)17-5-4-6-19(17)27(2)3/h7-13,17,19,28H,4-6H2,1-3H3,(H,26,29)/t17-,19-/m0/s1. The monoisotopic (exact) mass is 418 g/mol. The van der Waals surface area contributed by atoms with Gasteiger partial charge in [-0.25, -0.2) is 0 Å². The van der Waals surface area contributed by atoms with Gasteiger partial charge in [-0.2, -0.15) is 0 Å². The van der Waals surface area contributed by atoms with Gasteiger partial charge in [0.05, 0.1) is 5.52 Å². The van der Waals surface area contributed by atoms with Crippen LogP contribution in [-0.2, 0) is 0 Å². The number of nitrogens with one attached hydrogen (secondary N) is 1. The minimum absolute atomic E-state index is 0.0708. The number of phenolic OH excluding ortho intramolecular Hbond substituents is 1. The number of aromatic amines is 1. The first-order chi connectivity index (χ1) is 14.5. The van der Waals surface area contributed by atoms with Gasteiger partial charge in [0.2, 0.25) is 0 Å². The number of nitrogens with zero attached hydrogens (tertiary/aromatic N) is 1. The lowest BCUT2D eigenvalue weighted by molar-refractivity contribution is 0.276. The predicted octanol–water partition coefficient (Wildman–Crippen LogP) is 5.62. The van der Waals surface area contributed by atoms with Gasteiger partial charge in [0.15, 0.2) is 0 Å². The maximum Gasteiger partial charge on any atom is 0.266 e. The fourth-order valence-electron chi connectivity index (χ4n) is 5.22. The second-order valence-corrected chi connectivity index (χ2v) is 9.56. The van der Waals surface area contributed by atoms with Gasteiger partial charge in [0.25, 0.3) is 5.56 Å². The molecular formula is C25H26N2O2S. The van der Waals surface area contributed by atoms with Crippen molar-refractivity contribution in [2.45, 2.75) is 38.1 Å². The molecule has 2 aromatic carbocycles. The number of aryl methyl sites for hydroxylation is 1. The van der Waals surface area contributed by atoms with Gasteiger partial charge in [0.1, 0.15) is 10.4 Å². The topological polar surface area (TPSA) is 56.3 Å². The number of phenols is 1. The smallest absolute Gasteiger partial charge is 0.266 e. The van der Waals surface area contributed by atoms with Crippen LogP contribution in [0.15, 0.2) is 46.6 Å². The van der Waals surface area contributed by atoms with E-state index in [2.05, 4.69) is 48.2 Å². The molecule has 4 aromatic rings. The number of aromatic hydroxyl groups is 1. The first-order valence-corrected chi connectivity index (χ1v) is 11.4. The van der Waals surface area contributed by atoms with Crippen molar-refractivity contribution in [2.24, 2.45) is 0 Å². The van der Waals surface area contributed by atoms with Gasteiger partial charge < -0.3 is 15.0 Å². The molecule has 1 saturated carbocycles. The summed E-state index contributed by atoms with van der Waals surface area (Å²) in [7, 11) is 4.33. The van der Waals surface area contributed by atoms with Crippen LogP contribution < -0.4 is 5.56 Å². The maximum absolute atomic E-state index is 12.5. The minimum atomic E-state index is -0.0708. The summed E-state index contributed by atoms with van der Waals surface area (Å²) in [6.07, 6.45) is 3.73. The Morgan fingerprint density at radius 2 is 1.90 bits per heavy atom. The number of thiophene rings is 1. The van der Waals surface area contributed by atoms with Gasteiger partial charge in [0, 0.05) is 22.4 Å². The zero-order valence-electron chi connectivity index (χ0n) is 17.5. The van der Waals surface area contributed by atoms with Crippen LogP contribution in [0.4, 0.5) is 0 Å². The molecule has 0 amide bonds. The van der Waals surface area contributed by atoms with Gasteiger partial charge in [-0.3, -0.25) is 4.79 Å². The summed E-state index contributed by atoms with van der Waals surface area (Å²) in [5.41, 5.74) is 4.72. The molecule has 2 aromatic heterocycles. The summed E-state index contributed by atoms with van der Waals surface area (Å²) in [5, 5.41) is 14.7. The van der Waals surface area contributed by atoms with Gasteiger partial charge >= 0.3 is 0 Å². The summed E-state index contributed by atoms with van der Waals surface area (Å²) >= 11 is 1.44. The van der Waals surface area contributed by atoms with E-state index in [1.54, 1.807) is 6.07 Å². The number of benzene rings is 2. The van der Waals surface area contributed by atoms with Crippen molar-refractivity contribution in [1.29, 1.82) is 0 Å². The third-order valence-corrected chi connectivity index (χ3v) is 7.57. The third kappa shape index (κ3) is 2.96. The van der Waals surface area contributed by atoms with Crippen molar-refractivity contribution < 1.29 is 5.11 Å². The average Bonchev–Trinajstić information content (AvgIpc) is 3.39. The van der Waals surface area contributed by atoms with E-state index in [9.17, 15) is 9.90 Å². The number of pyridine rings is 1. The molecule has 0 unspecified atom stereocenters. The van der Waals surface area contributed by atoms with Gasteiger partial charge in [-0.15, -0.1) is 11.3 Å². The van der Waals surface area contributed by atoms with Crippen LogP contribution in [0.2, 0.25) is 0 Å². The first-order valence-electron chi connectivity index (χ1n) is 10.5. The Bertz CT molecular complexity index is 1300. The molecule has 2 atom stereocenters. The lowest BCUT2D eigenvalue weighted by Gasteiger charge is -2.26. The van der Waals surface area contributed by atoms with Crippen LogP contribution in [-0.4, -0.2) is 35.1 Å². The molecule has 2 heterocycles. The number of aromatic nitrogens is 1. The van der Waals surface area contributed by atoms with Crippen LogP contribution in [0.25, 0.3) is 32.1 Å². The molecule has 30 heavy (non-hydrogen) atoms. The fourth-order valence-corrected chi connectivity index (χ4v) is 6.01. The van der Waals surface area contributed by atoms with Crippen molar-refractivity contribution >= 4 is 32.3 Å². The molecule has 1 aliphatic carbocycles. The summed E-state index contributed by atoms with van der Waals surface area (Å²) in [4.78, 5) is 17.9. The summed E-state index contributed by atoms with van der Waals surface area (Å²) in [6, 6.07) is 13.0. The Morgan fingerprint density at radius 1 is 1.13 bits per heavy atom. The Balaban J connectivity index is 1.68. The molecule has 4 nitrogen and oxygen atoms in total. The van der Waals surface area contributed by atoms with E-state index in [0.29, 0.717) is 16.7 Å². The van der Waals surface area contributed by atoms with Crippen LogP contribution in [0.1, 0.15) is 36.3 Å². The fraction of sp³-hybridized carbons (Fsp3) is 0.320. The van der Waals surface area contributed by atoms with E-state index >= 15 is 0 Å². The Morgan fingerprint density at radius 3 is 2.63 bits per heavy atom. The highest BCUT2D eigenvalue weighted by atomic mass is 32.1. The number of likely N-dealkylation sites (N-methyl/N-ethyl adjacent to an activating group) is 1. The molecular weight excluding hydrogens is 392 g/mol. The molecule has 0 aliphatic heterocycles. The lowest BCUT2D eigenvalue weighted by atomic mass is 9.90. The number of fused-ring (bicyclic) bond motifs is 3. The quantitative estimate of drug-likeness (QED) is 0.454. The van der Waals surface area contributed by atoms with E-state index in [4.69, 9.17) is 0 Å². The van der Waals surface area contributed by atoms with Crippen molar-refractivity contribution in [1.82, 2.24) is 9.88 Å². The zero-order valence-corrected chi connectivity index (χ0v) is 18.3. The molecule has 5 rings (SSSR count). The largest absolute Gasteiger partial charge is 0.507 e. The van der Waals surface area contributed by atoms with E-state index in [1.165, 1.54) is 36.2 Å². The lowest BCUT2D eigenvalue weighted by Crippen LogP contribution is -2.29. The highest BCUT2D eigenvalue weighted by Gasteiger charge is 2.30. The second-order valence-electron chi connectivity index (χ2n) is 8.65. The Hall–Kier alpha value is -2.63. The number of hydrogen-bond acceptors (Lipinski definition) is 4. The molecule has 0 saturated heterocycles. The summed E-state index contributed by atoms with van der Waals surface area (Å²) in [6.45, 7) is 1.92. The Labute approximate surface area is 179 Å². The molecule has 5 heteroatoms.